The second-order valence-electron chi connectivity index (χ2n) is 4.36. The number of aryl methyl sites for hydroxylation is 1. The Labute approximate surface area is 101 Å². The summed E-state index contributed by atoms with van der Waals surface area (Å²) in [7, 11) is 0. The molecule has 0 amide bonds. The van der Waals surface area contributed by atoms with Crippen molar-refractivity contribution in [2.24, 2.45) is 0 Å². The minimum absolute atomic E-state index is 0.891. The smallest absolute Gasteiger partial charge is 0.136 e. The van der Waals surface area contributed by atoms with E-state index in [0.717, 1.165) is 17.8 Å². The first kappa shape index (κ1) is 10.1. The molecule has 0 bridgehead atoms. The van der Waals surface area contributed by atoms with Gasteiger partial charge in [0.1, 0.15) is 5.65 Å². The van der Waals surface area contributed by atoms with Crippen molar-refractivity contribution >= 4 is 5.65 Å². The first-order valence-electron chi connectivity index (χ1n) is 5.79. The average molecular weight is 222 g/mol. The molecule has 2 heteroatoms. The van der Waals surface area contributed by atoms with Crippen LogP contribution in [0.1, 0.15) is 16.8 Å². The van der Waals surface area contributed by atoms with Crippen molar-refractivity contribution in [3.8, 4) is 0 Å². The van der Waals surface area contributed by atoms with Gasteiger partial charge in [-0.25, -0.2) is 4.98 Å². The molecule has 0 aliphatic rings. The van der Waals surface area contributed by atoms with Crippen LogP contribution in [0.15, 0.2) is 54.9 Å². The van der Waals surface area contributed by atoms with Crippen molar-refractivity contribution in [2.75, 3.05) is 0 Å². The number of pyridine rings is 1. The molecule has 0 unspecified atom stereocenters. The third kappa shape index (κ3) is 2.07. The molecule has 0 aliphatic heterocycles. The zero-order valence-corrected chi connectivity index (χ0v) is 9.80. The Morgan fingerprint density at radius 2 is 1.88 bits per heavy atom. The van der Waals surface area contributed by atoms with E-state index in [1.165, 1.54) is 11.1 Å². The molecule has 84 valence electrons. The Morgan fingerprint density at radius 1 is 1.06 bits per heavy atom. The van der Waals surface area contributed by atoms with Crippen molar-refractivity contribution < 1.29 is 0 Å². The van der Waals surface area contributed by atoms with Gasteiger partial charge in [-0.2, -0.15) is 0 Å². The van der Waals surface area contributed by atoms with Crippen molar-refractivity contribution in [1.82, 2.24) is 9.38 Å². The summed E-state index contributed by atoms with van der Waals surface area (Å²) in [6.07, 6.45) is 5.01. The van der Waals surface area contributed by atoms with Gasteiger partial charge in [0.05, 0.1) is 5.69 Å². The SMILES string of the molecule is Cc1ccc(Cc2cn3ccccc3n2)cc1. The molecule has 0 aliphatic carbocycles. The van der Waals surface area contributed by atoms with Crippen LogP contribution in [0.4, 0.5) is 0 Å². The highest BCUT2D eigenvalue weighted by Gasteiger charge is 2.01. The van der Waals surface area contributed by atoms with Crippen LogP contribution in [0.3, 0.4) is 0 Å². The van der Waals surface area contributed by atoms with Gasteiger partial charge in [-0.3, -0.25) is 0 Å². The highest BCUT2D eigenvalue weighted by molar-refractivity contribution is 5.40. The van der Waals surface area contributed by atoms with Crippen molar-refractivity contribution in [3.05, 3.63) is 71.7 Å². The zero-order valence-electron chi connectivity index (χ0n) is 9.80. The van der Waals surface area contributed by atoms with Crippen LogP contribution in [-0.2, 0) is 6.42 Å². The normalized spacial score (nSPS) is 10.9. The fourth-order valence-corrected chi connectivity index (χ4v) is 1.99. The minimum Gasteiger partial charge on any atom is -0.307 e. The van der Waals surface area contributed by atoms with Crippen LogP contribution in [0, 0.1) is 6.92 Å². The first-order valence-corrected chi connectivity index (χ1v) is 5.79. The van der Waals surface area contributed by atoms with Crippen LogP contribution in [0.25, 0.3) is 5.65 Å². The van der Waals surface area contributed by atoms with E-state index in [1.807, 2.05) is 24.4 Å². The van der Waals surface area contributed by atoms with E-state index in [4.69, 9.17) is 0 Å². The van der Waals surface area contributed by atoms with Crippen LogP contribution in [0.2, 0.25) is 0 Å². The quantitative estimate of drug-likeness (QED) is 0.650. The molecule has 0 N–H and O–H groups in total. The van der Waals surface area contributed by atoms with Crippen molar-refractivity contribution in [1.29, 1.82) is 0 Å². The van der Waals surface area contributed by atoms with Gasteiger partial charge in [-0.1, -0.05) is 35.9 Å². The van der Waals surface area contributed by atoms with Crippen molar-refractivity contribution in [2.45, 2.75) is 13.3 Å². The maximum Gasteiger partial charge on any atom is 0.136 e. The molecular formula is C15H14N2. The van der Waals surface area contributed by atoms with Gasteiger partial charge < -0.3 is 4.40 Å². The predicted molar refractivity (Wildman–Crippen MR) is 69.2 cm³/mol. The standard InChI is InChI=1S/C15H14N2/c1-12-5-7-13(8-6-12)10-14-11-17-9-3-2-4-15(17)16-14/h2-9,11H,10H2,1H3. The number of benzene rings is 1. The Morgan fingerprint density at radius 3 is 2.65 bits per heavy atom. The summed E-state index contributed by atoms with van der Waals surface area (Å²) in [5.41, 5.74) is 4.72. The van der Waals surface area contributed by atoms with Crippen LogP contribution < -0.4 is 0 Å². The summed E-state index contributed by atoms with van der Waals surface area (Å²) < 4.78 is 2.06. The Hall–Kier alpha value is -2.09. The largest absolute Gasteiger partial charge is 0.307 e. The minimum atomic E-state index is 0.891. The van der Waals surface area contributed by atoms with E-state index in [2.05, 4.69) is 46.8 Å². The van der Waals surface area contributed by atoms with E-state index >= 15 is 0 Å². The van der Waals surface area contributed by atoms with Gasteiger partial charge >= 0.3 is 0 Å². The number of hydrogen-bond donors (Lipinski definition) is 0. The lowest BCUT2D eigenvalue weighted by molar-refractivity contribution is 1.11. The van der Waals surface area contributed by atoms with E-state index < -0.39 is 0 Å². The third-order valence-electron chi connectivity index (χ3n) is 2.92. The molecule has 0 saturated carbocycles. The molecule has 0 saturated heterocycles. The van der Waals surface area contributed by atoms with E-state index in [-0.39, 0.29) is 0 Å². The summed E-state index contributed by atoms with van der Waals surface area (Å²) >= 11 is 0. The van der Waals surface area contributed by atoms with Gasteiger partial charge in [0.15, 0.2) is 0 Å². The van der Waals surface area contributed by atoms with Gasteiger partial charge in [-0.15, -0.1) is 0 Å². The molecule has 2 nitrogen and oxygen atoms in total. The highest BCUT2D eigenvalue weighted by atomic mass is 15.0. The highest BCUT2D eigenvalue weighted by Crippen LogP contribution is 2.11. The molecule has 3 rings (SSSR count). The summed E-state index contributed by atoms with van der Waals surface area (Å²) in [5, 5.41) is 0. The lowest BCUT2D eigenvalue weighted by atomic mass is 10.1. The van der Waals surface area contributed by atoms with Crippen LogP contribution >= 0.6 is 0 Å². The molecule has 0 fully saturated rings. The molecule has 1 aromatic carbocycles. The number of nitrogens with zero attached hydrogens (tertiary/aromatic N) is 2. The van der Waals surface area contributed by atoms with Gasteiger partial charge in [0.2, 0.25) is 0 Å². The molecular weight excluding hydrogens is 208 g/mol. The average Bonchev–Trinajstić information content (AvgIpc) is 2.74. The molecule has 0 spiro atoms. The Kier molecular flexibility index (Phi) is 2.41. The Balaban J connectivity index is 1.92. The third-order valence-corrected chi connectivity index (χ3v) is 2.92. The number of imidazole rings is 1. The van der Waals surface area contributed by atoms with Crippen LogP contribution in [-0.4, -0.2) is 9.38 Å². The number of aromatic nitrogens is 2. The first-order chi connectivity index (χ1) is 8.31. The topological polar surface area (TPSA) is 17.3 Å². The summed E-state index contributed by atoms with van der Waals surface area (Å²) in [4.78, 5) is 4.59. The number of fused-ring (bicyclic) bond motifs is 1. The maximum absolute atomic E-state index is 4.59. The molecule has 0 radical (unpaired) electrons. The van der Waals surface area contributed by atoms with E-state index in [9.17, 15) is 0 Å². The van der Waals surface area contributed by atoms with Gasteiger partial charge in [0, 0.05) is 18.8 Å². The Bertz CT molecular complexity index is 602. The molecule has 0 atom stereocenters. The number of hydrogen-bond acceptors (Lipinski definition) is 1. The predicted octanol–water partition coefficient (Wildman–Crippen LogP) is 3.23. The summed E-state index contributed by atoms with van der Waals surface area (Å²) in [6.45, 7) is 2.11. The van der Waals surface area contributed by atoms with Crippen LogP contribution in [0.5, 0.6) is 0 Å². The zero-order chi connectivity index (χ0) is 11.7. The fraction of sp³-hybridized carbons (Fsp3) is 0.133. The molecule has 3 aromatic rings. The van der Waals surface area contributed by atoms with Gasteiger partial charge in [0.25, 0.3) is 0 Å². The lowest BCUT2D eigenvalue weighted by Gasteiger charge is -1.98. The van der Waals surface area contributed by atoms with E-state index in [1.54, 1.807) is 0 Å². The molecule has 17 heavy (non-hydrogen) atoms. The second-order valence-corrected chi connectivity index (χ2v) is 4.36. The fourth-order valence-electron chi connectivity index (χ4n) is 1.99. The molecule has 2 heterocycles. The molecule has 2 aromatic heterocycles. The summed E-state index contributed by atoms with van der Waals surface area (Å²) in [6, 6.07) is 14.7. The maximum atomic E-state index is 4.59. The monoisotopic (exact) mass is 222 g/mol. The van der Waals surface area contributed by atoms with Crippen molar-refractivity contribution in [3.63, 3.8) is 0 Å². The van der Waals surface area contributed by atoms with E-state index in [0.29, 0.717) is 0 Å². The summed E-state index contributed by atoms with van der Waals surface area (Å²) in [5.74, 6) is 0. The number of rotatable bonds is 2. The second kappa shape index (κ2) is 4.06. The van der Waals surface area contributed by atoms with Gasteiger partial charge in [-0.05, 0) is 24.6 Å². The lowest BCUT2D eigenvalue weighted by Crippen LogP contribution is -1.87.